The summed E-state index contributed by atoms with van der Waals surface area (Å²) in [6.07, 6.45) is 0. The van der Waals surface area contributed by atoms with Crippen LogP contribution in [0, 0.1) is 24.1 Å². The summed E-state index contributed by atoms with van der Waals surface area (Å²) < 4.78 is 40.7. The van der Waals surface area contributed by atoms with Crippen molar-refractivity contribution in [3.05, 3.63) is 89.7 Å². The standard InChI is InChI=1S/C22H18FN3O3S/c1-16-2-12-21(13-3-16)30(28,29)26(20-10-6-18(23)7-11-20)15-22(27)25-19-8-4-17(14-24)5-9-19/h2-13H,15H2,1H3,(H,25,27). The summed E-state index contributed by atoms with van der Waals surface area (Å²) in [5.74, 6) is -1.10. The van der Waals surface area contributed by atoms with Crippen LogP contribution in [0.15, 0.2) is 77.7 Å². The van der Waals surface area contributed by atoms with Crippen molar-refractivity contribution in [3.8, 4) is 6.07 Å². The molecule has 1 N–H and O–H groups in total. The molecule has 1 amide bonds. The van der Waals surface area contributed by atoms with Crippen LogP contribution < -0.4 is 9.62 Å². The van der Waals surface area contributed by atoms with Crippen LogP contribution in [-0.4, -0.2) is 20.9 Å². The van der Waals surface area contributed by atoms with Gasteiger partial charge in [0.2, 0.25) is 5.91 Å². The predicted octanol–water partition coefficient (Wildman–Crippen LogP) is 3.84. The zero-order valence-corrected chi connectivity index (χ0v) is 16.9. The van der Waals surface area contributed by atoms with Gasteiger partial charge in [-0.05, 0) is 67.6 Å². The molecule has 0 saturated heterocycles. The Morgan fingerprint density at radius 2 is 1.60 bits per heavy atom. The fraction of sp³-hybridized carbons (Fsp3) is 0.0909. The molecule has 30 heavy (non-hydrogen) atoms. The van der Waals surface area contributed by atoms with Gasteiger partial charge in [0, 0.05) is 5.69 Å². The maximum Gasteiger partial charge on any atom is 0.264 e. The summed E-state index contributed by atoms with van der Waals surface area (Å²) in [7, 11) is -4.07. The summed E-state index contributed by atoms with van der Waals surface area (Å²) in [6, 6.07) is 19.2. The first-order valence-electron chi connectivity index (χ1n) is 8.94. The van der Waals surface area contributed by atoms with Crippen LogP contribution in [0.5, 0.6) is 0 Å². The van der Waals surface area contributed by atoms with Crippen LogP contribution in [0.2, 0.25) is 0 Å². The lowest BCUT2D eigenvalue weighted by molar-refractivity contribution is -0.114. The van der Waals surface area contributed by atoms with Crippen molar-refractivity contribution >= 4 is 27.3 Å². The Hall–Kier alpha value is -3.70. The summed E-state index contributed by atoms with van der Waals surface area (Å²) in [5, 5.41) is 11.5. The highest BCUT2D eigenvalue weighted by Crippen LogP contribution is 2.24. The van der Waals surface area contributed by atoms with E-state index < -0.39 is 28.3 Å². The zero-order valence-electron chi connectivity index (χ0n) is 16.0. The molecule has 0 spiro atoms. The highest BCUT2D eigenvalue weighted by atomic mass is 32.2. The third-order valence-corrected chi connectivity index (χ3v) is 6.10. The van der Waals surface area contributed by atoms with Crippen LogP contribution in [0.1, 0.15) is 11.1 Å². The fourth-order valence-corrected chi connectivity index (χ4v) is 4.14. The number of anilines is 2. The van der Waals surface area contributed by atoms with E-state index in [-0.39, 0.29) is 10.6 Å². The molecule has 0 fully saturated rings. The second-order valence-corrected chi connectivity index (χ2v) is 8.40. The first-order valence-corrected chi connectivity index (χ1v) is 10.4. The number of hydrogen-bond donors (Lipinski definition) is 1. The van der Waals surface area contributed by atoms with Crippen LogP contribution in [-0.2, 0) is 14.8 Å². The van der Waals surface area contributed by atoms with Gasteiger partial charge in [0.05, 0.1) is 22.2 Å². The van der Waals surface area contributed by atoms with Gasteiger partial charge in [-0.1, -0.05) is 17.7 Å². The van der Waals surface area contributed by atoms with Crippen LogP contribution in [0.25, 0.3) is 0 Å². The van der Waals surface area contributed by atoms with Crippen molar-refractivity contribution in [1.82, 2.24) is 0 Å². The second-order valence-electron chi connectivity index (χ2n) is 6.54. The van der Waals surface area contributed by atoms with E-state index in [4.69, 9.17) is 5.26 Å². The van der Waals surface area contributed by atoms with E-state index in [1.54, 1.807) is 24.3 Å². The minimum absolute atomic E-state index is 0.0172. The van der Waals surface area contributed by atoms with Crippen molar-refractivity contribution in [2.75, 3.05) is 16.2 Å². The van der Waals surface area contributed by atoms with Crippen molar-refractivity contribution in [1.29, 1.82) is 5.26 Å². The quantitative estimate of drug-likeness (QED) is 0.652. The monoisotopic (exact) mass is 423 g/mol. The average Bonchev–Trinajstić information content (AvgIpc) is 2.73. The molecule has 3 rings (SSSR count). The largest absolute Gasteiger partial charge is 0.325 e. The van der Waals surface area contributed by atoms with E-state index in [0.29, 0.717) is 11.3 Å². The minimum atomic E-state index is -4.07. The van der Waals surface area contributed by atoms with Crippen molar-refractivity contribution in [2.24, 2.45) is 0 Å². The maximum absolute atomic E-state index is 13.4. The maximum atomic E-state index is 13.4. The molecule has 3 aromatic rings. The lowest BCUT2D eigenvalue weighted by Crippen LogP contribution is -2.38. The van der Waals surface area contributed by atoms with Gasteiger partial charge in [-0.25, -0.2) is 12.8 Å². The van der Waals surface area contributed by atoms with Gasteiger partial charge in [0.1, 0.15) is 12.4 Å². The van der Waals surface area contributed by atoms with E-state index in [9.17, 15) is 17.6 Å². The number of nitrogens with zero attached hydrogens (tertiary/aromatic N) is 2. The Kier molecular flexibility index (Phi) is 6.14. The molecule has 0 unspecified atom stereocenters. The Balaban J connectivity index is 1.91. The Bertz CT molecular complexity index is 1180. The number of rotatable bonds is 6. The second kappa shape index (κ2) is 8.76. The van der Waals surface area contributed by atoms with Crippen molar-refractivity contribution < 1.29 is 17.6 Å². The molecule has 0 saturated carbocycles. The molecule has 0 heterocycles. The predicted molar refractivity (Wildman–Crippen MR) is 112 cm³/mol. The normalized spacial score (nSPS) is 10.8. The number of aryl methyl sites for hydroxylation is 1. The molecule has 0 bridgehead atoms. The Morgan fingerprint density at radius 1 is 1.00 bits per heavy atom. The van der Waals surface area contributed by atoms with E-state index >= 15 is 0 Å². The summed E-state index contributed by atoms with van der Waals surface area (Å²) >= 11 is 0. The summed E-state index contributed by atoms with van der Waals surface area (Å²) in [4.78, 5) is 12.6. The van der Waals surface area contributed by atoms with Gasteiger partial charge in [-0.2, -0.15) is 5.26 Å². The highest BCUT2D eigenvalue weighted by Gasteiger charge is 2.27. The van der Waals surface area contributed by atoms with Gasteiger partial charge in [0.15, 0.2) is 0 Å². The lowest BCUT2D eigenvalue weighted by atomic mass is 10.2. The summed E-state index contributed by atoms with van der Waals surface area (Å²) in [6.45, 7) is 1.32. The molecule has 0 aliphatic carbocycles. The Labute approximate surface area is 174 Å². The first-order chi connectivity index (χ1) is 14.3. The number of halogens is 1. The number of nitrogens with one attached hydrogen (secondary N) is 1. The molecular formula is C22H18FN3O3S. The average molecular weight is 423 g/mol. The van der Waals surface area contributed by atoms with Crippen molar-refractivity contribution in [3.63, 3.8) is 0 Å². The van der Waals surface area contributed by atoms with E-state index in [0.717, 1.165) is 22.0 Å². The number of hydrogen-bond acceptors (Lipinski definition) is 4. The molecule has 0 aromatic heterocycles. The van der Waals surface area contributed by atoms with Gasteiger partial charge in [0.25, 0.3) is 10.0 Å². The topological polar surface area (TPSA) is 90.3 Å². The summed E-state index contributed by atoms with van der Waals surface area (Å²) in [5.41, 5.74) is 1.90. The van der Waals surface area contributed by atoms with Gasteiger partial charge in [-0.3, -0.25) is 9.10 Å². The molecule has 0 radical (unpaired) electrons. The first kappa shape index (κ1) is 21.0. The smallest absolute Gasteiger partial charge is 0.264 e. The molecule has 3 aromatic carbocycles. The number of benzene rings is 3. The number of carbonyl (C=O) groups excluding carboxylic acids is 1. The SMILES string of the molecule is Cc1ccc(S(=O)(=O)N(CC(=O)Nc2ccc(C#N)cc2)c2ccc(F)cc2)cc1. The lowest BCUT2D eigenvalue weighted by Gasteiger charge is -2.24. The highest BCUT2D eigenvalue weighted by molar-refractivity contribution is 7.92. The third kappa shape index (κ3) is 4.82. The van der Waals surface area contributed by atoms with Gasteiger partial charge in [-0.15, -0.1) is 0 Å². The van der Waals surface area contributed by atoms with Crippen molar-refractivity contribution in [2.45, 2.75) is 11.8 Å². The third-order valence-electron chi connectivity index (χ3n) is 4.31. The fourth-order valence-electron chi connectivity index (χ4n) is 2.72. The molecule has 0 aliphatic rings. The van der Waals surface area contributed by atoms with Crippen LogP contribution >= 0.6 is 0 Å². The Morgan fingerprint density at radius 3 is 2.17 bits per heavy atom. The molecule has 0 atom stereocenters. The molecular weight excluding hydrogens is 405 g/mol. The van der Waals surface area contributed by atoms with E-state index in [1.165, 1.54) is 36.4 Å². The van der Waals surface area contributed by atoms with E-state index in [1.807, 2.05) is 13.0 Å². The number of nitriles is 1. The molecule has 152 valence electrons. The van der Waals surface area contributed by atoms with Crippen LogP contribution in [0.4, 0.5) is 15.8 Å². The molecule has 6 nitrogen and oxygen atoms in total. The number of sulfonamides is 1. The minimum Gasteiger partial charge on any atom is -0.325 e. The molecule has 0 aliphatic heterocycles. The molecule has 8 heteroatoms. The number of amides is 1. The van der Waals surface area contributed by atoms with Gasteiger partial charge < -0.3 is 5.32 Å². The van der Waals surface area contributed by atoms with Crippen LogP contribution in [0.3, 0.4) is 0 Å². The van der Waals surface area contributed by atoms with E-state index in [2.05, 4.69) is 5.32 Å². The number of carbonyl (C=O) groups is 1. The van der Waals surface area contributed by atoms with Gasteiger partial charge >= 0.3 is 0 Å². The zero-order chi connectivity index (χ0) is 21.7.